The highest BCUT2D eigenvalue weighted by Crippen LogP contribution is 2.34. The summed E-state index contributed by atoms with van der Waals surface area (Å²) in [5.74, 6) is -0.985. The smallest absolute Gasteiger partial charge is 0.335 e. The molecule has 0 bridgehead atoms. The highest BCUT2D eigenvalue weighted by atomic mass is 79.9. The zero-order valence-corrected chi connectivity index (χ0v) is 15.3. The number of benzene rings is 2. The summed E-state index contributed by atoms with van der Waals surface area (Å²) in [7, 11) is 0. The van der Waals surface area contributed by atoms with E-state index in [1.54, 1.807) is 6.07 Å². The number of carbonyl (C=O) groups is 2. The molecular formula is C16H13Br2NO4. The summed E-state index contributed by atoms with van der Waals surface area (Å²) < 4.78 is 6.37. The molecule has 2 rings (SSSR count). The van der Waals surface area contributed by atoms with E-state index < -0.39 is 5.97 Å². The monoisotopic (exact) mass is 441 g/mol. The molecule has 2 aromatic carbocycles. The van der Waals surface area contributed by atoms with Crippen molar-refractivity contribution in [3.63, 3.8) is 0 Å². The van der Waals surface area contributed by atoms with Gasteiger partial charge in [0.25, 0.3) is 5.91 Å². The number of nitrogens with one attached hydrogen (secondary N) is 1. The number of aromatic carboxylic acids is 1. The van der Waals surface area contributed by atoms with Crippen LogP contribution < -0.4 is 10.1 Å². The SMILES string of the molecule is Cc1cccc(NC(=O)COc2c(Br)cc(C(=O)O)cc2Br)c1. The van der Waals surface area contributed by atoms with Crippen LogP contribution in [0.4, 0.5) is 5.69 Å². The number of aryl methyl sites for hydroxylation is 1. The molecule has 2 N–H and O–H groups in total. The van der Waals surface area contributed by atoms with Crippen molar-refractivity contribution in [3.05, 3.63) is 56.5 Å². The third-order valence-electron chi connectivity index (χ3n) is 2.89. The van der Waals surface area contributed by atoms with Crippen LogP contribution in [0.2, 0.25) is 0 Å². The van der Waals surface area contributed by atoms with Crippen molar-refractivity contribution in [1.82, 2.24) is 0 Å². The Kier molecular flexibility index (Phi) is 5.79. The minimum Gasteiger partial charge on any atom is -0.481 e. The minimum atomic E-state index is -1.05. The molecule has 0 radical (unpaired) electrons. The first kappa shape index (κ1) is 17.5. The number of rotatable bonds is 5. The summed E-state index contributed by atoms with van der Waals surface area (Å²) in [5.41, 5.74) is 1.84. The molecule has 120 valence electrons. The topological polar surface area (TPSA) is 75.6 Å². The fraction of sp³-hybridized carbons (Fsp3) is 0.125. The molecule has 7 heteroatoms. The second-order valence-corrected chi connectivity index (χ2v) is 6.49. The molecular weight excluding hydrogens is 430 g/mol. The number of anilines is 1. The average Bonchev–Trinajstić information content (AvgIpc) is 2.46. The van der Waals surface area contributed by atoms with Gasteiger partial charge in [0, 0.05) is 5.69 Å². The molecule has 2 aromatic rings. The standard InChI is InChI=1S/C16H13Br2NO4/c1-9-3-2-4-11(5-9)19-14(20)8-23-15-12(17)6-10(16(21)22)7-13(15)18/h2-7H,8H2,1H3,(H,19,20)(H,21,22). The van der Waals surface area contributed by atoms with E-state index in [1.807, 2.05) is 25.1 Å². The summed E-state index contributed by atoms with van der Waals surface area (Å²) in [5, 5.41) is 11.7. The first-order valence-electron chi connectivity index (χ1n) is 6.58. The average molecular weight is 443 g/mol. The van der Waals surface area contributed by atoms with E-state index in [9.17, 15) is 9.59 Å². The van der Waals surface area contributed by atoms with Crippen molar-refractivity contribution in [3.8, 4) is 5.75 Å². The largest absolute Gasteiger partial charge is 0.481 e. The Balaban J connectivity index is 2.03. The lowest BCUT2D eigenvalue weighted by Crippen LogP contribution is -2.20. The van der Waals surface area contributed by atoms with E-state index in [0.29, 0.717) is 20.4 Å². The number of ether oxygens (including phenoxy) is 1. The summed E-state index contributed by atoms with van der Waals surface area (Å²) in [6.45, 7) is 1.74. The minimum absolute atomic E-state index is 0.111. The van der Waals surface area contributed by atoms with Crippen LogP contribution in [0.1, 0.15) is 15.9 Å². The number of halogens is 2. The van der Waals surface area contributed by atoms with Crippen molar-refractivity contribution in [1.29, 1.82) is 0 Å². The van der Waals surface area contributed by atoms with Crippen molar-refractivity contribution in [2.45, 2.75) is 6.92 Å². The highest BCUT2D eigenvalue weighted by Gasteiger charge is 2.14. The van der Waals surface area contributed by atoms with Gasteiger partial charge >= 0.3 is 5.97 Å². The van der Waals surface area contributed by atoms with Gasteiger partial charge in [0.1, 0.15) is 5.75 Å². The Morgan fingerprint density at radius 3 is 2.39 bits per heavy atom. The molecule has 0 atom stereocenters. The Morgan fingerprint density at radius 2 is 1.83 bits per heavy atom. The number of carbonyl (C=O) groups excluding carboxylic acids is 1. The predicted octanol–water partition coefficient (Wildman–Crippen LogP) is 4.24. The summed E-state index contributed by atoms with van der Waals surface area (Å²) >= 11 is 6.49. The van der Waals surface area contributed by atoms with Gasteiger partial charge in [-0.2, -0.15) is 0 Å². The van der Waals surface area contributed by atoms with E-state index in [1.165, 1.54) is 12.1 Å². The fourth-order valence-corrected chi connectivity index (χ4v) is 3.29. The number of hydrogen-bond donors (Lipinski definition) is 2. The van der Waals surface area contributed by atoms with Crippen LogP contribution in [-0.4, -0.2) is 23.6 Å². The number of hydrogen-bond acceptors (Lipinski definition) is 3. The second kappa shape index (κ2) is 7.61. The molecule has 0 heterocycles. The van der Waals surface area contributed by atoms with Gasteiger partial charge in [-0.15, -0.1) is 0 Å². The van der Waals surface area contributed by atoms with Gasteiger partial charge < -0.3 is 15.2 Å². The fourth-order valence-electron chi connectivity index (χ4n) is 1.88. The summed E-state index contributed by atoms with van der Waals surface area (Å²) in [6.07, 6.45) is 0. The van der Waals surface area contributed by atoms with E-state index >= 15 is 0 Å². The van der Waals surface area contributed by atoms with Gasteiger partial charge in [-0.25, -0.2) is 4.79 Å². The van der Waals surface area contributed by atoms with Crippen molar-refractivity contribution < 1.29 is 19.4 Å². The van der Waals surface area contributed by atoms with Crippen molar-refractivity contribution in [2.75, 3.05) is 11.9 Å². The van der Waals surface area contributed by atoms with Crippen LogP contribution in [0.3, 0.4) is 0 Å². The third kappa shape index (κ3) is 4.80. The van der Waals surface area contributed by atoms with Crippen LogP contribution in [0.25, 0.3) is 0 Å². The van der Waals surface area contributed by atoms with Crippen LogP contribution in [0, 0.1) is 6.92 Å². The molecule has 0 unspecified atom stereocenters. The maximum atomic E-state index is 11.9. The van der Waals surface area contributed by atoms with Gasteiger partial charge in [-0.05, 0) is 68.6 Å². The number of carboxylic acids is 1. The van der Waals surface area contributed by atoms with E-state index in [2.05, 4.69) is 37.2 Å². The van der Waals surface area contributed by atoms with Gasteiger partial charge in [0.15, 0.2) is 6.61 Å². The van der Waals surface area contributed by atoms with Crippen LogP contribution in [0.15, 0.2) is 45.3 Å². The highest BCUT2D eigenvalue weighted by molar-refractivity contribution is 9.11. The third-order valence-corrected chi connectivity index (χ3v) is 4.07. The molecule has 0 aliphatic heterocycles. The van der Waals surface area contributed by atoms with Crippen LogP contribution in [-0.2, 0) is 4.79 Å². The van der Waals surface area contributed by atoms with E-state index in [-0.39, 0.29) is 18.1 Å². The van der Waals surface area contributed by atoms with Crippen molar-refractivity contribution in [2.24, 2.45) is 0 Å². The molecule has 1 amide bonds. The Morgan fingerprint density at radius 1 is 1.17 bits per heavy atom. The molecule has 0 aliphatic carbocycles. The van der Waals surface area contributed by atoms with Crippen LogP contribution >= 0.6 is 31.9 Å². The predicted molar refractivity (Wildman–Crippen MR) is 94.1 cm³/mol. The molecule has 5 nitrogen and oxygen atoms in total. The Hall–Kier alpha value is -1.86. The van der Waals surface area contributed by atoms with E-state index in [4.69, 9.17) is 9.84 Å². The molecule has 23 heavy (non-hydrogen) atoms. The van der Waals surface area contributed by atoms with Crippen LogP contribution in [0.5, 0.6) is 5.75 Å². The Labute approximate surface area is 149 Å². The molecule has 0 saturated carbocycles. The molecule has 0 fully saturated rings. The first-order chi connectivity index (χ1) is 10.9. The van der Waals surface area contributed by atoms with Gasteiger partial charge in [0.2, 0.25) is 0 Å². The van der Waals surface area contributed by atoms with Gasteiger partial charge in [-0.3, -0.25) is 4.79 Å². The summed E-state index contributed by atoms with van der Waals surface area (Å²) in [4.78, 5) is 22.9. The zero-order chi connectivity index (χ0) is 17.0. The van der Waals surface area contributed by atoms with Gasteiger partial charge in [0.05, 0.1) is 14.5 Å². The molecule has 0 spiro atoms. The molecule has 0 aliphatic rings. The number of carboxylic acid groups (broad SMARTS) is 1. The number of amides is 1. The van der Waals surface area contributed by atoms with E-state index in [0.717, 1.165) is 5.56 Å². The summed E-state index contributed by atoms with van der Waals surface area (Å²) in [6, 6.07) is 10.3. The second-order valence-electron chi connectivity index (χ2n) is 4.78. The maximum Gasteiger partial charge on any atom is 0.335 e. The first-order valence-corrected chi connectivity index (χ1v) is 8.17. The lowest BCUT2D eigenvalue weighted by Gasteiger charge is -2.11. The Bertz CT molecular complexity index is 738. The van der Waals surface area contributed by atoms with Crippen molar-refractivity contribution >= 4 is 49.4 Å². The normalized spacial score (nSPS) is 10.2. The lowest BCUT2D eigenvalue weighted by atomic mass is 10.2. The maximum absolute atomic E-state index is 11.9. The molecule has 0 aromatic heterocycles. The molecule has 0 saturated heterocycles. The quantitative estimate of drug-likeness (QED) is 0.726. The lowest BCUT2D eigenvalue weighted by molar-refractivity contribution is -0.118. The van der Waals surface area contributed by atoms with Gasteiger partial charge in [-0.1, -0.05) is 12.1 Å². The zero-order valence-electron chi connectivity index (χ0n) is 12.1.